The van der Waals surface area contributed by atoms with Crippen molar-refractivity contribution in [3.63, 3.8) is 0 Å². The zero-order chi connectivity index (χ0) is 9.68. The molecule has 1 N–H and O–H groups in total. The molecule has 1 fully saturated rings. The molecule has 1 rings (SSSR count). The second-order valence-corrected chi connectivity index (χ2v) is 4.76. The second kappa shape index (κ2) is 5.66. The highest BCUT2D eigenvalue weighted by Crippen LogP contribution is 2.22. The lowest BCUT2D eigenvalue weighted by Gasteiger charge is -2.25. The van der Waals surface area contributed by atoms with Crippen LogP contribution < -0.4 is 5.32 Å². The van der Waals surface area contributed by atoms with E-state index in [2.05, 4.69) is 25.2 Å². The molecular weight excluding hydrogens is 182 g/mol. The number of alkyl halides is 1. The third kappa shape index (κ3) is 4.68. The van der Waals surface area contributed by atoms with E-state index in [1.807, 2.05) is 0 Å². The summed E-state index contributed by atoms with van der Waals surface area (Å²) in [5.41, 5.74) is 1.39. The maximum absolute atomic E-state index is 6.03. The van der Waals surface area contributed by atoms with Gasteiger partial charge in [-0.15, -0.1) is 11.6 Å². The van der Waals surface area contributed by atoms with Crippen LogP contribution in [0, 0.1) is 0 Å². The Morgan fingerprint density at radius 1 is 1.31 bits per heavy atom. The Balaban J connectivity index is 2.12. The Hall–Kier alpha value is -0.0100. The molecule has 1 nitrogen and oxygen atoms in total. The van der Waals surface area contributed by atoms with Gasteiger partial charge in [-0.1, -0.05) is 11.6 Å². The van der Waals surface area contributed by atoms with Crippen molar-refractivity contribution in [2.24, 2.45) is 0 Å². The standard InChI is InChI=1S/C11H20ClN/c1-9(2)7-8-13-11-5-3-10(12)4-6-11/h7,10-11,13H,3-6,8H2,1-2H3. The number of hydrogen-bond acceptors (Lipinski definition) is 1. The van der Waals surface area contributed by atoms with Crippen LogP contribution in [0.3, 0.4) is 0 Å². The third-order valence-electron chi connectivity index (χ3n) is 2.57. The second-order valence-electron chi connectivity index (χ2n) is 4.14. The summed E-state index contributed by atoms with van der Waals surface area (Å²) in [6.45, 7) is 5.29. The van der Waals surface area contributed by atoms with E-state index in [4.69, 9.17) is 11.6 Å². The Kier molecular flexibility index (Phi) is 4.82. The Morgan fingerprint density at radius 2 is 1.92 bits per heavy atom. The molecule has 0 saturated heterocycles. The molecule has 0 amide bonds. The van der Waals surface area contributed by atoms with Crippen molar-refractivity contribution in [1.29, 1.82) is 0 Å². The van der Waals surface area contributed by atoms with Gasteiger partial charge in [0, 0.05) is 18.0 Å². The fourth-order valence-electron chi connectivity index (χ4n) is 1.69. The van der Waals surface area contributed by atoms with Gasteiger partial charge in [0.15, 0.2) is 0 Å². The average Bonchev–Trinajstić information content (AvgIpc) is 2.08. The van der Waals surface area contributed by atoms with Crippen molar-refractivity contribution in [2.45, 2.75) is 50.9 Å². The highest BCUT2D eigenvalue weighted by molar-refractivity contribution is 6.20. The Morgan fingerprint density at radius 3 is 2.46 bits per heavy atom. The van der Waals surface area contributed by atoms with Crippen molar-refractivity contribution in [1.82, 2.24) is 5.32 Å². The quantitative estimate of drug-likeness (QED) is 0.547. The van der Waals surface area contributed by atoms with Gasteiger partial charge in [-0.25, -0.2) is 0 Å². The largest absolute Gasteiger partial charge is 0.311 e. The lowest BCUT2D eigenvalue weighted by molar-refractivity contribution is 0.389. The molecule has 1 saturated carbocycles. The summed E-state index contributed by atoms with van der Waals surface area (Å²) in [6, 6.07) is 0.700. The van der Waals surface area contributed by atoms with E-state index in [0.717, 1.165) is 6.54 Å². The van der Waals surface area contributed by atoms with Crippen molar-refractivity contribution in [3.8, 4) is 0 Å². The maximum Gasteiger partial charge on any atom is 0.0337 e. The van der Waals surface area contributed by atoms with Crippen molar-refractivity contribution in [2.75, 3.05) is 6.54 Å². The molecule has 76 valence electrons. The molecular formula is C11H20ClN. The van der Waals surface area contributed by atoms with E-state index < -0.39 is 0 Å². The normalized spacial score (nSPS) is 28.5. The summed E-state index contributed by atoms with van der Waals surface area (Å²) in [4.78, 5) is 0. The summed E-state index contributed by atoms with van der Waals surface area (Å²) in [6.07, 6.45) is 7.07. The molecule has 0 spiro atoms. The molecule has 0 aromatic carbocycles. The molecule has 1 aliphatic rings. The molecule has 0 radical (unpaired) electrons. The van der Waals surface area contributed by atoms with Crippen LogP contribution >= 0.6 is 11.6 Å². The molecule has 2 heteroatoms. The fourth-order valence-corrected chi connectivity index (χ4v) is 1.94. The minimum atomic E-state index is 0.432. The maximum atomic E-state index is 6.03. The van der Waals surface area contributed by atoms with Crippen LogP contribution in [-0.4, -0.2) is 18.0 Å². The SMILES string of the molecule is CC(C)=CCNC1CCC(Cl)CC1. The smallest absolute Gasteiger partial charge is 0.0337 e. The number of allylic oxidation sites excluding steroid dienone is 1. The molecule has 0 atom stereocenters. The molecule has 0 aromatic rings. The minimum absolute atomic E-state index is 0.432. The van der Waals surface area contributed by atoms with Crippen LogP contribution in [0.15, 0.2) is 11.6 Å². The number of halogens is 1. The molecule has 13 heavy (non-hydrogen) atoms. The van der Waals surface area contributed by atoms with Gasteiger partial charge in [0.25, 0.3) is 0 Å². The summed E-state index contributed by atoms with van der Waals surface area (Å²) in [5, 5.41) is 3.97. The molecule has 0 aromatic heterocycles. The van der Waals surface area contributed by atoms with E-state index in [1.165, 1.54) is 31.3 Å². The van der Waals surface area contributed by atoms with Gasteiger partial charge in [-0.3, -0.25) is 0 Å². The van der Waals surface area contributed by atoms with Gasteiger partial charge in [-0.05, 0) is 39.5 Å². The van der Waals surface area contributed by atoms with Gasteiger partial charge < -0.3 is 5.32 Å². The molecule has 0 unspecified atom stereocenters. The predicted octanol–water partition coefficient (Wildman–Crippen LogP) is 3.09. The zero-order valence-electron chi connectivity index (χ0n) is 8.65. The predicted molar refractivity (Wildman–Crippen MR) is 59.3 cm³/mol. The molecule has 0 aliphatic heterocycles. The van der Waals surface area contributed by atoms with Crippen LogP contribution in [0.2, 0.25) is 0 Å². The fraction of sp³-hybridized carbons (Fsp3) is 0.818. The first kappa shape index (κ1) is 11.1. The van der Waals surface area contributed by atoms with E-state index >= 15 is 0 Å². The minimum Gasteiger partial charge on any atom is -0.311 e. The molecule has 0 heterocycles. The lowest BCUT2D eigenvalue weighted by Crippen LogP contribution is -2.33. The van der Waals surface area contributed by atoms with E-state index in [1.54, 1.807) is 0 Å². The Bertz CT molecular complexity index is 165. The molecule has 1 aliphatic carbocycles. The van der Waals surface area contributed by atoms with E-state index in [0.29, 0.717) is 11.4 Å². The first-order chi connectivity index (χ1) is 6.18. The van der Waals surface area contributed by atoms with Crippen LogP contribution in [0.4, 0.5) is 0 Å². The van der Waals surface area contributed by atoms with Crippen molar-refractivity contribution in [3.05, 3.63) is 11.6 Å². The van der Waals surface area contributed by atoms with Crippen LogP contribution in [0.5, 0.6) is 0 Å². The van der Waals surface area contributed by atoms with Gasteiger partial charge >= 0.3 is 0 Å². The zero-order valence-corrected chi connectivity index (χ0v) is 9.40. The molecule has 0 bridgehead atoms. The van der Waals surface area contributed by atoms with Crippen LogP contribution in [-0.2, 0) is 0 Å². The van der Waals surface area contributed by atoms with Crippen LogP contribution in [0.1, 0.15) is 39.5 Å². The first-order valence-corrected chi connectivity index (χ1v) is 5.63. The van der Waals surface area contributed by atoms with Crippen molar-refractivity contribution < 1.29 is 0 Å². The van der Waals surface area contributed by atoms with Gasteiger partial charge in [0.2, 0.25) is 0 Å². The van der Waals surface area contributed by atoms with Gasteiger partial charge in [0.05, 0.1) is 0 Å². The lowest BCUT2D eigenvalue weighted by atomic mass is 9.95. The highest BCUT2D eigenvalue weighted by atomic mass is 35.5. The van der Waals surface area contributed by atoms with Crippen molar-refractivity contribution >= 4 is 11.6 Å². The first-order valence-electron chi connectivity index (χ1n) is 5.19. The summed E-state index contributed by atoms with van der Waals surface area (Å²) < 4.78 is 0. The summed E-state index contributed by atoms with van der Waals surface area (Å²) in [5.74, 6) is 0. The topological polar surface area (TPSA) is 12.0 Å². The average molecular weight is 202 g/mol. The monoisotopic (exact) mass is 201 g/mol. The third-order valence-corrected chi connectivity index (χ3v) is 3.01. The highest BCUT2D eigenvalue weighted by Gasteiger charge is 2.17. The van der Waals surface area contributed by atoms with E-state index in [-0.39, 0.29) is 0 Å². The number of nitrogens with one attached hydrogen (secondary N) is 1. The van der Waals surface area contributed by atoms with E-state index in [9.17, 15) is 0 Å². The van der Waals surface area contributed by atoms with Gasteiger partial charge in [-0.2, -0.15) is 0 Å². The summed E-state index contributed by atoms with van der Waals surface area (Å²) in [7, 11) is 0. The Labute approximate surface area is 86.5 Å². The number of hydrogen-bond donors (Lipinski definition) is 1. The number of rotatable bonds is 3. The van der Waals surface area contributed by atoms with Gasteiger partial charge in [0.1, 0.15) is 0 Å². The summed E-state index contributed by atoms with van der Waals surface area (Å²) >= 11 is 6.03. The van der Waals surface area contributed by atoms with Crippen LogP contribution in [0.25, 0.3) is 0 Å².